The largest absolute Gasteiger partial charge is 0.355 e. The van der Waals surface area contributed by atoms with Gasteiger partial charge in [-0.3, -0.25) is 4.79 Å². The summed E-state index contributed by atoms with van der Waals surface area (Å²) in [5.41, 5.74) is 0.179. The molecule has 0 saturated heterocycles. The van der Waals surface area contributed by atoms with Crippen LogP contribution in [-0.2, 0) is 7.05 Å². The molecule has 24 heavy (non-hydrogen) atoms. The second-order valence-corrected chi connectivity index (χ2v) is 5.65. The summed E-state index contributed by atoms with van der Waals surface area (Å²) in [6, 6.07) is 3.31. The van der Waals surface area contributed by atoms with Crippen molar-refractivity contribution in [2.45, 2.75) is 5.16 Å². The number of halogens is 1. The van der Waals surface area contributed by atoms with E-state index in [2.05, 4.69) is 31.5 Å². The van der Waals surface area contributed by atoms with Crippen molar-refractivity contribution in [3.8, 4) is 0 Å². The fraction of sp³-hybridized carbons (Fsp3) is 0.308. The highest BCUT2D eigenvalue weighted by molar-refractivity contribution is 7.99. The Morgan fingerprint density at radius 3 is 2.83 bits per heavy atom. The monoisotopic (exact) mass is 353 g/mol. The molecular weight excluding hydrogens is 337 g/mol. The van der Waals surface area contributed by atoms with Crippen molar-refractivity contribution in [1.29, 1.82) is 0 Å². The molecule has 0 radical (unpaired) electrons. The topological polar surface area (TPSA) is 114 Å². The molecule has 11 heteroatoms. The number of carbonyl (C=O) groups is 2. The maximum absolute atomic E-state index is 13.6. The highest BCUT2D eigenvalue weighted by atomic mass is 32.2. The maximum atomic E-state index is 13.6. The lowest BCUT2D eigenvalue weighted by Gasteiger charge is -2.09. The van der Waals surface area contributed by atoms with E-state index < -0.39 is 17.8 Å². The number of thioether (sulfide) groups is 1. The van der Waals surface area contributed by atoms with E-state index in [1.165, 1.54) is 35.6 Å². The molecule has 0 atom stereocenters. The standard InChI is InChI=1S/C13H16FN7O2S/c1-15-11(22)9-7-8(3-4-10(9)14)17-12(23)16-5-6-24-13-18-19-20-21(13)2/h3-4,7H,5-6H2,1-2H3,(H,15,22)(H2,16,17,23). The van der Waals surface area contributed by atoms with Gasteiger partial charge in [0.25, 0.3) is 5.91 Å². The van der Waals surface area contributed by atoms with Gasteiger partial charge in [0, 0.05) is 32.1 Å². The Kier molecular flexibility index (Phi) is 6.07. The second-order valence-electron chi connectivity index (χ2n) is 4.59. The van der Waals surface area contributed by atoms with Crippen molar-refractivity contribution in [2.24, 2.45) is 7.05 Å². The minimum Gasteiger partial charge on any atom is -0.355 e. The SMILES string of the molecule is CNC(=O)c1cc(NC(=O)NCCSc2nnnn2C)ccc1F. The van der Waals surface area contributed by atoms with Crippen LogP contribution in [0.1, 0.15) is 10.4 Å². The number of tetrazole rings is 1. The minimum absolute atomic E-state index is 0.138. The smallest absolute Gasteiger partial charge is 0.319 e. The van der Waals surface area contributed by atoms with Crippen LogP contribution in [0, 0.1) is 5.82 Å². The highest BCUT2D eigenvalue weighted by Gasteiger charge is 2.12. The summed E-state index contributed by atoms with van der Waals surface area (Å²) in [5, 5.41) is 19.2. The summed E-state index contributed by atoms with van der Waals surface area (Å²) in [4.78, 5) is 23.3. The first-order chi connectivity index (χ1) is 11.5. The van der Waals surface area contributed by atoms with Gasteiger partial charge in [0.05, 0.1) is 5.56 Å². The first-order valence-electron chi connectivity index (χ1n) is 6.93. The number of hydrogen-bond donors (Lipinski definition) is 3. The molecule has 0 saturated carbocycles. The predicted molar refractivity (Wildman–Crippen MR) is 86.3 cm³/mol. The zero-order valence-electron chi connectivity index (χ0n) is 13.0. The van der Waals surface area contributed by atoms with Crippen LogP contribution in [-0.4, -0.2) is 51.5 Å². The minimum atomic E-state index is -0.658. The Morgan fingerprint density at radius 2 is 2.17 bits per heavy atom. The van der Waals surface area contributed by atoms with Crippen LogP contribution in [0.4, 0.5) is 14.9 Å². The summed E-state index contributed by atoms with van der Waals surface area (Å²) < 4.78 is 15.1. The quantitative estimate of drug-likeness (QED) is 0.518. The van der Waals surface area contributed by atoms with Gasteiger partial charge in [-0.1, -0.05) is 11.8 Å². The van der Waals surface area contributed by atoms with Gasteiger partial charge in [0.2, 0.25) is 5.16 Å². The van der Waals surface area contributed by atoms with E-state index in [0.717, 1.165) is 6.07 Å². The Balaban J connectivity index is 1.82. The van der Waals surface area contributed by atoms with Crippen molar-refractivity contribution in [1.82, 2.24) is 30.8 Å². The number of aromatic nitrogens is 4. The van der Waals surface area contributed by atoms with E-state index >= 15 is 0 Å². The molecule has 0 spiro atoms. The van der Waals surface area contributed by atoms with E-state index in [-0.39, 0.29) is 5.56 Å². The van der Waals surface area contributed by atoms with Crippen LogP contribution in [0.2, 0.25) is 0 Å². The van der Waals surface area contributed by atoms with Crippen LogP contribution in [0.25, 0.3) is 0 Å². The molecular formula is C13H16FN7O2S. The van der Waals surface area contributed by atoms with Crippen LogP contribution in [0.3, 0.4) is 0 Å². The number of nitrogens with zero attached hydrogens (tertiary/aromatic N) is 4. The van der Waals surface area contributed by atoms with E-state index in [0.29, 0.717) is 23.1 Å². The number of benzene rings is 1. The van der Waals surface area contributed by atoms with Gasteiger partial charge < -0.3 is 16.0 Å². The third kappa shape index (κ3) is 4.65. The number of anilines is 1. The molecule has 0 bridgehead atoms. The summed E-state index contributed by atoms with van der Waals surface area (Å²) in [7, 11) is 3.12. The number of aryl methyl sites for hydroxylation is 1. The molecule has 1 aromatic heterocycles. The van der Waals surface area contributed by atoms with Gasteiger partial charge in [-0.15, -0.1) is 5.10 Å². The molecule has 1 aromatic carbocycles. The van der Waals surface area contributed by atoms with Gasteiger partial charge >= 0.3 is 6.03 Å². The molecule has 3 N–H and O–H groups in total. The Morgan fingerprint density at radius 1 is 1.38 bits per heavy atom. The summed E-state index contributed by atoms with van der Waals surface area (Å²) in [6.45, 7) is 0.382. The van der Waals surface area contributed by atoms with E-state index in [4.69, 9.17) is 0 Å². The van der Waals surface area contributed by atoms with Crippen LogP contribution in [0.5, 0.6) is 0 Å². The molecule has 3 amide bonds. The summed E-state index contributed by atoms with van der Waals surface area (Å²) >= 11 is 1.40. The first-order valence-corrected chi connectivity index (χ1v) is 7.91. The predicted octanol–water partition coefficient (Wildman–Crippen LogP) is 0.623. The zero-order chi connectivity index (χ0) is 17.5. The summed E-state index contributed by atoms with van der Waals surface area (Å²) in [6.07, 6.45) is 0. The molecule has 0 aliphatic carbocycles. The third-order valence-corrected chi connectivity index (χ3v) is 3.91. The van der Waals surface area contributed by atoms with Crippen molar-refractivity contribution in [3.05, 3.63) is 29.6 Å². The Bertz CT molecular complexity index is 737. The number of hydrogen-bond acceptors (Lipinski definition) is 6. The van der Waals surface area contributed by atoms with Crippen LogP contribution < -0.4 is 16.0 Å². The lowest BCUT2D eigenvalue weighted by Crippen LogP contribution is -2.30. The average molecular weight is 353 g/mol. The number of amides is 3. The molecule has 0 fully saturated rings. The Labute approximate surface area is 141 Å². The van der Waals surface area contributed by atoms with Crippen molar-refractivity contribution < 1.29 is 14.0 Å². The molecule has 0 aliphatic heterocycles. The van der Waals surface area contributed by atoms with Gasteiger partial charge in [0.15, 0.2) is 0 Å². The molecule has 2 rings (SSSR count). The fourth-order valence-electron chi connectivity index (χ4n) is 1.74. The lowest BCUT2D eigenvalue weighted by molar-refractivity contribution is 0.0959. The molecule has 9 nitrogen and oxygen atoms in total. The normalized spacial score (nSPS) is 10.3. The average Bonchev–Trinajstić information content (AvgIpc) is 2.98. The molecule has 128 valence electrons. The third-order valence-electron chi connectivity index (χ3n) is 2.90. The van der Waals surface area contributed by atoms with Gasteiger partial charge in [-0.2, -0.15) is 0 Å². The summed E-state index contributed by atoms with van der Waals surface area (Å²) in [5.74, 6) is -0.645. The number of nitrogens with one attached hydrogen (secondary N) is 3. The van der Waals surface area contributed by atoms with Crippen molar-refractivity contribution in [2.75, 3.05) is 24.7 Å². The van der Waals surface area contributed by atoms with E-state index in [9.17, 15) is 14.0 Å². The number of carbonyl (C=O) groups excluding carboxylic acids is 2. The molecule has 0 aliphatic rings. The molecule has 2 aromatic rings. The lowest BCUT2D eigenvalue weighted by atomic mass is 10.1. The van der Waals surface area contributed by atoms with Crippen LogP contribution >= 0.6 is 11.8 Å². The van der Waals surface area contributed by atoms with Crippen molar-refractivity contribution >= 4 is 29.4 Å². The maximum Gasteiger partial charge on any atom is 0.319 e. The van der Waals surface area contributed by atoms with Gasteiger partial charge in [-0.05, 0) is 28.6 Å². The number of rotatable bonds is 6. The van der Waals surface area contributed by atoms with E-state index in [1.807, 2.05) is 0 Å². The number of urea groups is 1. The van der Waals surface area contributed by atoms with Crippen molar-refractivity contribution in [3.63, 3.8) is 0 Å². The molecule has 0 unspecified atom stereocenters. The first kappa shape index (κ1) is 17.7. The fourth-order valence-corrected chi connectivity index (χ4v) is 2.44. The van der Waals surface area contributed by atoms with Gasteiger partial charge in [0.1, 0.15) is 5.82 Å². The van der Waals surface area contributed by atoms with E-state index in [1.54, 1.807) is 7.05 Å². The molecule has 1 heterocycles. The Hall–Kier alpha value is -2.69. The second kappa shape index (κ2) is 8.24. The highest BCUT2D eigenvalue weighted by Crippen LogP contribution is 2.15. The van der Waals surface area contributed by atoms with Gasteiger partial charge in [-0.25, -0.2) is 13.9 Å². The van der Waals surface area contributed by atoms with Crippen LogP contribution in [0.15, 0.2) is 23.4 Å². The zero-order valence-corrected chi connectivity index (χ0v) is 13.9.